The van der Waals surface area contributed by atoms with Crippen LogP contribution >= 0.6 is 11.3 Å². The summed E-state index contributed by atoms with van der Waals surface area (Å²) in [7, 11) is 1.88. The van der Waals surface area contributed by atoms with Gasteiger partial charge in [0.25, 0.3) is 0 Å². The maximum atomic E-state index is 11.8. The van der Waals surface area contributed by atoms with E-state index in [1.54, 1.807) is 11.3 Å². The van der Waals surface area contributed by atoms with Gasteiger partial charge in [0.1, 0.15) is 0 Å². The first-order valence-corrected chi connectivity index (χ1v) is 6.17. The molecule has 0 fully saturated rings. The van der Waals surface area contributed by atoms with E-state index in [9.17, 15) is 4.79 Å². The molecule has 0 unspecified atom stereocenters. The number of hydrogen-bond donors (Lipinski definition) is 1. The van der Waals surface area contributed by atoms with Crippen LogP contribution < -0.4 is 5.32 Å². The van der Waals surface area contributed by atoms with Gasteiger partial charge in [0.2, 0.25) is 5.91 Å². The summed E-state index contributed by atoms with van der Waals surface area (Å²) < 4.78 is 0. The maximum absolute atomic E-state index is 11.8. The van der Waals surface area contributed by atoms with Crippen LogP contribution in [0.5, 0.6) is 0 Å². The number of nitrogens with zero attached hydrogens (tertiary/aromatic N) is 1. The molecule has 1 N–H and O–H groups in total. The Morgan fingerprint density at radius 2 is 2.53 bits per heavy atom. The molecule has 0 aromatic carbocycles. The van der Waals surface area contributed by atoms with E-state index >= 15 is 0 Å². The molecule has 0 aliphatic carbocycles. The van der Waals surface area contributed by atoms with E-state index in [0.717, 1.165) is 26.1 Å². The Morgan fingerprint density at radius 3 is 3.33 bits per heavy atom. The summed E-state index contributed by atoms with van der Waals surface area (Å²) in [6, 6.07) is 2.14. The van der Waals surface area contributed by atoms with Crippen LogP contribution in [0.3, 0.4) is 0 Å². The van der Waals surface area contributed by atoms with Gasteiger partial charge in [-0.15, -0.1) is 11.3 Å². The maximum Gasteiger partial charge on any atom is 0.224 e. The molecule has 0 bridgehead atoms. The molecule has 0 atom stereocenters. The van der Waals surface area contributed by atoms with E-state index in [0.29, 0.717) is 6.42 Å². The molecular weight excluding hydrogens is 208 g/mol. The van der Waals surface area contributed by atoms with Crippen LogP contribution in [-0.2, 0) is 17.8 Å². The molecule has 0 radical (unpaired) electrons. The third kappa shape index (κ3) is 2.38. The molecule has 3 nitrogen and oxygen atoms in total. The second-order valence-corrected chi connectivity index (χ2v) is 4.79. The third-order valence-corrected chi connectivity index (χ3v) is 3.77. The first-order valence-electron chi connectivity index (χ1n) is 5.29. The molecule has 1 aliphatic rings. The predicted octanol–water partition coefficient (Wildman–Crippen LogP) is 1.24. The van der Waals surface area contributed by atoms with Crippen molar-refractivity contribution in [2.75, 3.05) is 20.1 Å². The minimum Gasteiger partial charge on any atom is -0.338 e. The van der Waals surface area contributed by atoms with Crippen LogP contribution in [-0.4, -0.2) is 30.9 Å². The quantitative estimate of drug-likeness (QED) is 0.838. The van der Waals surface area contributed by atoms with Gasteiger partial charge >= 0.3 is 0 Å². The minimum atomic E-state index is 0.265. The summed E-state index contributed by atoms with van der Waals surface area (Å²) in [5, 5.41) is 5.12. The van der Waals surface area contributed by atoms with E-state index in [2.05, 4.69) is 16.8 Å². The SMILES string of the molecule is CNCCC(=O)N1CCc2sccc2C1. The van der Waals surface area contributed by atoms with E-state index in [4.69, 9.17) is 0 Å². The first-order chi connectivity index (χ1) is 7.31. The summed E-state index contributed by atoms with van der Waals surface area (Å²) in [5.41, 5.74) is 1.34. The molecule has 0 saturated carbocycles. The Morgan fingerprint density at radius 1 is 1.67 bits per heavy atom. The molecule has 0 spiro atoms. The number of rotatable bonds is 3. The van der Waals surface area contributed by atoms with Gasteiger partial charge < -0.3 is 10.2 Å². The molecule has 1 aliphatic heterocycles. The van der Waals surface area contributed by atoms with Crippen molar-refractivity contribution in [3.05, 3.63) is 21.9 Å². The van der Waals surface area contributed by atoms with Gasteiger partial charge in [0.05, 0.1) is 0 Å². The van der Waals surface area contributed by atoms with Gasteiger partial charge in [0, 0.05) is 30.9 Å². The highest BCUT2D eigenvalue weighted by atomic mass is 32.1. The van der Waals surface area contributed by atoms with Gasteiger partial charge in [-0.05, 0) is 30.5 Å². The lowest BCUT2D eigenvalue weighted by Crippen LogP contribution is -2.36. The van der Waals surface area contributed by atoms with Gasteiger partial charge in [-0.3, -0.25) is 4.79 Å². The van der Waals surface area contributed by atoms with Crippen molar-refractivity contribution in [3.8, 4) is 0 Å². The Labute approximate surface area is 94.1 Å². The molecule has 0 saturated heterocycles. The first kappa shape index (κ1) is 10.6. The van der Waals surface area contributed by atoms with Crippen LogP contribution in [0.15, 0.2) is 11.4 Å². The Balaban J connectivity index is 1.94. The smallest absolute Gasteiger partial charge is 0.224 e. The predicted molar refractivity (Wildman–Crippen MR) is 62.0 cm³/mol. The van der Waals surface area contributed by atoms with Crippen molar-refractivity contribution < 1.29 is 4.79 Å². The lowest BCUT2D eigenvalue weighted by Gasteiger charge is -2.27. The van der Waals surface area contributed by atoms with Gasteiger partial charge in [0.15, 0.2) is 0 Å². The van der Waals surface area contributed by atoms with Gasteiger partial charge in [-0.2, -0.15) is 0 Å². The molecule has 82 valence electrons. The largest absolute Gasteiger partial charge is 0.338 e. The van der Waals surface area contributed by atoms with Crippen molar-refractivity contribution in [3.63, 3.8) is 0 Å². The van der Waals surface area contributed by atoms with Crippen LogP contribution in [0.1, 0.15) is 16.9 Å². The van der Waals surface area contributed by atoms with Crippen LogP contribution in [0, 0.1) is 0 Å². The molecule has 1 aromatic heterocycles. The van der Waals surface area contributed by atoms with Crippen molar-refractivity contribution in [2.45, 2.75) is 19.4 Å². The molecule has 1 amide bonds. The molecule has 2 rings (SSSR count). The monoisotopic (exact) mass is 224 g/mol. The zero-order valence-electron chi connectivity index (χ0n) is 8.95. The number of nitrogens with one attached hydrogen (secondary N) is 1. The molecule has 4 heteroatoms. The average molecular weight is 224 g/mol. The van der Waals surface area contributed by atoms with E-state index in [-0.39, 0.29) is 5.91 Å². The number of amides is 1. The Bertz CT molecular complexity index is 348. The van der Waals surface area contributed by atoms with Crippen molar-refractivity contribution in [2.24, 2.45) is 0 Å². The number of thiophene rings is 1. The lowest BCUT2D eigenvalue weighted by atomic mass is 10.1. The normalized spacial score (nSPS) is 15.1. The fraction of sp³-hybridized carbons (Fsp3) is 0.545. The number of fused-ring (bicyclic) bond motifs is 1. The second kappa shape index (κ2) is 4.77. The van der Waals surface area contributed by atoms with Crippen molar-refractivity contribution in [1.82, 2.24) is 10.2 Å². The van der Waals surface area contributed by atoms with E-state index in [1.165, 1.54) is 10.4 Å². The Hall–Kier alpha value is -0.870. The fourth-order valence-electron chi connectivity index (χ4n) is 1.85. The van der Waals surface area contributed by atoms with E-state index in [1.807, 2.05) is 11.9 Å². The topological polar surface area (TPSA) is 32.3 Å². The minimum absolute atomic E-state index is 0.265. The highest BCUT2D eigenvalue weighted by Crippen LogP contribution is 2.24. The zero-order valence-corrected chi connectivity index (χ0v) is 9.77. The molecule has 15 heavy (non-hydrogen) atoms. The number of hydrogen-bond acceptors (Lipinski definition) is 3. The summed E-state index contributed by atoms with van der Waals surface area (Å²) in [6.45, 7) is 2.46. The van der Waals surface area contributed by atoms with Crippen molar-refractivity contribution in [1.29, 1.82) is 0 Å². The molecular formula is C11H16N2OS. The lowest BCUT2D eigenvalue weighted by molar-refractivity contribution is -0.131. The van der Waals surface area contributed by atoms with Crippen LogP contribution in [0.25, 0.3) is 0 Å². The van der Waals surface area contributed by atoms with Gasteiger partial charge in [-0.1, -0.05) is 0 Å². The highest BCUT2D eigenvalue weighted by molar-refractivity contribution is 7.10. The zero-order chi connectivity index (χ0) is 10.7. The summed E-state index contributed by atoms with van der Waals surface area (Å²) in [5.74, 6) is 0.265. The number of carbonyl (C=O) groups excluding carboxylic acids is 1. The number of carbonyl (C=O) groups is 1. The summed E-state index contributed by atoms with van der Waals surface area (Å²) >= 11 is 1.81. The highest BCUT2D eigenvalue weighted by Gasteiger charge is 2.20. The summed E-state index contributed by atoms with van der Waals surface area (Å²) in [4.78, 5) is 15.2. The van der Waals surface area contributed by atoms with Crippen LogP contribution in [0.4, 0.5) is 0 Å². The molecule has 1 aromatic rings. The van der Waals surface area contributed by atoms with Crippen molar-refractivity contribution >= 4 is 17.2 Å². The van der Waals surface area contributed by atoms with Crippen LogP contribution in [0.2, 0.25) is 0 Å². The second-order valence-electron chi connectivity index (χ2n) is 3.79. The standard InChI is InChI=1S/C11H16N2OS/c1-12-5-2-11(14)13-6-3-10-9(8-13)4-7-15-10/h4,7,12H,2-3,5-6,8H2,1H3. The van der Waals surface area contributed by atoms with E-state index < -0.39 is 0 Å². The summed E-state index contributed by atoms with van der Waals surface area (Å²) in [6.07, 6.45) is 1.63. The third-order valence-electron chi connectivity index (χ3n) is 2.75. The fourth-order valence-corrected chi connectivity index (χ4v) is 2.74. The molecule has 2 heterocycles. The average Bonchev–Trinajstić information content (AvgIpc) is 2.72. The Kier molecular flexibility index (Phi) is 3.38. The van der Waals surface area contributed by atoms with Gasteiger partial charge in [-0.25, -0.2) is 0 Å².